The van der Waals surface area contributed by atoms with Crippen LogP contribution in [0.4, 0.5) is 17.2 Å². The number of nitro groups is 1. The smallest absolute Gasteiger partial charge is 0.338 e. The molecule has 10 nitrogen and oxygen atoms in total. The van der Waals surface area contributed by atoms with Crippen molar-refractivity contribution in [1.29, 1.82) is 0 Å². The molecule has 29 heavy (non-hydrogen) atoms. The molecular formula is C19H22N4O6. The molecule has 3 rings (SSSR count). The van der Waals surface area contributed by atoms with Crippen LogP contribution in [-0.4, -0.2) is 41.7 Å². The van der Waals surface area contributed by atoms with Gasteiger partial charge in [-0.25, -0.2) is 4.79 Å². The number of hydrogen-bond acceptors (Lipinski definition) is 8. The maximum atomic E-state index is 12.3. The maximum Gasteiger partial charge on any atom is 0.338 e. The van der Waals surface area contributed by atoms with E-state index in [0.29, 0.717) is 11.4 Å². The Labute approximate surface area is 166 Å². The molecule has 1 saturated heterocycles. The Morgan fingerprint density at radius 1 is 1.24 bits per heavy atom. The predicted octanol–water partition coefficient (Wildman–Crippen LogP) is 3.07. The van der Waals surface area contributed by atoms with E-state index in [4.69, 9.17) is 9.26 Å². The molecule has 1 aromatic heterocycles. The topological polar surface area (TPSA) is 128 Å². The van der Waals surface area contributed by atoms with E-state index in [1.54, 1.807) is 13.0 Å². The van der Waals surface area contributed by atoms with Crippen molar-refractivity contribution >= 4 is 29.1 Å². The number of anilines is 2. The number of aromatic nitrogens is 1. The molecule has 0 unspecified atom stereocenters. The van der Waals surface area contributed by atoms with Gasteiger partial charge in [0.25, 0.3) is 11.6 Å². The first kappa shape index (κ1) is 20.3. The highest BCUT2D eigenvalue weighted by molar-refractivity contribution is 5.95. The fourth-order valence-electron chi connectivity index (χ4n) is 3.19. The quantitative estimate of drug-likeness (QED) is 0.443. The average molecular weight is 402 g/mol. The minimum Gasteiger partial charge on any atom is -0.452 e. The number of ether oxygens (including phenoxy) is 1. The second-order valence-corrected chi connectivity index (χ2v) is 6.81. The number of rotatable bonds is 6. The highest BCUT2D eigenvalue weighted by Gasteiger charge is 2.23. The molecule has 0 radical (unpaired) electrons. The minimum absolute atomic E-state index is 0.0142. The Balaban J connectivity index is 1.66. The Bertz CT molecular complexity index is 902. The van der Waals surface area contributed by atoms with Crippen LogP contribution in [-0.2, 0) is 9.53 Å². The Morgan fingerprint density at radius 2 is 1.97 bits per heavy atom. The number of hydrogen-bond donors (Lipinski definition) is 1. The van der Waals surface area contributed by atoms with Crippen molar-refractivity contribution in [2.24, 2.45) is 0 Å². The molecule has 154 valence electrons. The van der Waals surface area contributed by atoms with Gasteiger partial charge in [0, 0.05) is 25.2 Å². The third-order valence-corrected chi connectivity index (χ3v) is 4.58. The van der Waals surface area contributed by atoms with Gasteiger partial charge >= 0.3 is 5.97 Å². The van der Waals surface area contributed by atoms with Crippen LogP contribution in [0.1, 0.15) is 41.8 Å². The monoisotopic (exact) mass is 402 g/mol. The van der Waals surface area contributed by atoms with Gasteiger partial charge < -0.3 is 19.5 Å². The van der Waals surface area contributed by atoms with Crippen molar-refractivity contribution in [2.75, 3.05) is 29.9 Å². The fourth-order valence-corrected chi connectivity index (χ4v) is 3.19. The van der Waals surface area contributed by atoms with E-state index in [9.17, 15) is 19.7 Å². The zero-order valence-electron chi connectivity index (χ0n) is 16.1. The van der Waals surface area contributed by atoms with Crippen LogP contribution in [0.2, 0.25) is 0 Å². The zero-order chi connectivity index (χ0) is 20.8. The number of nitrogens with zero attached hydrogens (tertiary/aromatic N) is 3. The molecule has 0 atom stereocenters. The van der Waals surface area contributed by atoms with Crippen LogP contribution >= 0.6 is 0 Å². The van der Waals surface area contributed by atoms with E-state index in [1.807, 2.05) is 4.90 Å². The molecule has 2 heterocycles. The number of benzene rings is 1. The SMILES string of the molecule is Cc1cc(NC(=O)COC(=O)c2ccc(N3CCCCCC3)c([N+](=O)[O-])c2)no1. The number of esters is 1. The van der Waals surface area contributed by atoms with Gasteiger partial charge in [0.2, 0.25) is 0 Å². The van der Waals surface area contributed by atoms with Crippen LogP contribution < -0.4 is 10.2 Å². The summed E-state index contributed by atoms with van der Waals surface area (Å²) in [4.78, 5) is 37.1. The normalized spacial score (nSPS) is 14.2. The van der Waals surface area contributed by atoms with Crippen LogP contribution in [0.25, 0.3) is 0 Å². The lowest BCUT2D eigenvalue weighted by atomic mass is 10.1. The summed E-state index contributed by atoms with van der Waals surface area (Å²) in [5.41, 5.74) is 0.358. The molecule has 1 aliphatic rings. The van der Waals surface area contributed by atoms with Gasteiger partial charge in [-0.1, -0.05) is 18.0 Å². The van der Waals surface area contributed by atoms with E-state index in [0.717, 1.165) is 38.8 Å². The summed E-state index contributed by atoms with van der Waals surface area (Å²) in [6.07, 6.45) is 4.15. The van der Waals surface area contributed by atoms with Gasteiger partial charge in [-0.2, -0.15) is 0 Å². The molecule has 1 fully saturated rings. The highest BCUT2D eigenvalue weighted by Crippen LogP contribution is 2.31. The Morgan fingerprint density at radius 3 is 2.59 bits per heavy atom. The first-order chi connectivity index (χ1) is 13.9. The summed E-state index contributed by atoms with van der Waals surface area (Å²) in [5, 5.41) is 17.6. The van der Waals surface area contributed by atoms with E-state index in [2.05, 4.69) is 10.5 Å². The lowest BCUT2D eigenvalue weighted by molar-refractivity contribution is -0.384. The average Bonchev–Trinajstić information content (AvgIpc) is 2.94. The molecule has 1 N–H and O–H groups in total. The van der Waals surface area contributed by atoms with Gasteiger partial charge in [0.05, 0.1) is 10.5 Å². The summed E-state index contributed by atoms with van der Waals surface area (Å²) in [5.74, 6) is -0.681. The largest absolute Gasteiger partial charge is 0.452 e. The van der Waals surface area contributed by atoms with Crippen molar-refractivity contribution in [3.8, 4) is 0 Å². The molecule has 0 bridgehead atoms. The molecule has 1 aromatic carbocycles. The third kappa shape index (κ3) is 5.31. The molecule has 1 amide bonds. The minimum atomic E-state index is -0.818. The molecule has 0 saturated carbocycles. The standard InChI is InChI=1S/C19H22N4O6/c1-13-10-17(21-29-13)20-18(24)12-28-19(25)14-6-7-15(16(11-14)23(26)27)22-8-4-2-3-5-9-22/h6-7,10-11H,2-5,8-9,12H2,1H3,(H,20,21,24). The summed E-state index contributed by atoms with van der Waals surface area (Å²) in [6.45, 7) is 2.61. The third-order valence-electron chi connectivity index (χ3n) is 4.58. The summed E-state index contributed by atoms with van der Waals surface area (Å²) in [7, 11) is 0. The van der Waals surface area contributed by atoms with E-state index >= 15 is 0 Å². The van der Waals surface area contributed by atoms with Crippen molar-refractivity contribution in [2.45, 2.75) is 32.6 Å². The summed E-state index contributed by atoms with van der Waals surface area (Å²) < 4.78 is 9.79. The van der Waals surface area contributed by atoms with Crippen molar-refractivity contribution in [1.82, 2.24) is 5.16 Å². The molecule has 1 aliphatic heterocycles. The van der Waals surface area contributed by atoms with Gasteiger partial charge in [-0.05, 0) is 31.9 Å². The van der Waals surface area contributed by atoms with Crippen LogP contribution in [0, 0.1) is 17.0 Å². The number of aryl methyl sites for hydroxylation is 1. The van der Waals surface area contributed by atoms with E-state index in [1.165, 1.54) is 18.2 Å². The van der Waals surface area contributed by atoms with E-state index in [-0.39, 0.29) is 17.1 Å². The van der Waals surface area contributed by atoms with Gasteiger partial charge in [0.15, 0.2) is 12.4 Å². The number of amides is 1. The van der Waals surface area contributed by atoms with Crippen LogP contribution in [0.5, 0.6) is 0 Å². The van der Waals surface area contributed by atoms with Crippen molar-refractivity contribution in [3.63, 3.8) is 0 Å². The highest BCUT2D eigenvalue weighted by atomic mass is 16.6. The first-order valence-corrected chi connectivity index (χ1v) is 9.38. The molecule has 0 aliphatic carbocycles. The van der Waals surface area contributed by atoms with Gasteiger partial charge in [-0.15, -0.1) is 0 Å². The second kappa shape index (κ2) is 9.18. The summed E-state index contributed by atoms with van der Waals surface area (Å²) in [6, 6.07) is 5.76. The maximum absolute atomic E-state index is 12.3. The van der Waals surface area contributed by atoms with E-state index < -0.39 is 23.4 Å². The van der Waals surface area contributed by atoms with Gasteiger partial charge in [0.1, 0.15) is 11.4 Å². The first-order valence-electron chi connectivity index (χ1n) is 9.38. The Kier molecular flexibility index (Phi) is 6.43. The fraction of sp³-hybridized carbons (Fsp3) is 0.421. The summed E-state index contributed by atoms with van der Waals surface area (Å²) >= 11 is 0. The lowest BCUT2D eigenvalue weighted by Crippen LogP contribution is -2.25. The van der Waals surface area contributed by atoms with Gasteiger partial charge in [-0.3, -0.25) is 14.9 Å². The number of nitro benzene ring substituents is 1. The van der Waals surface area contributed by atoms with Crippen LogP contribution in [0.15, 0.2) is 28.8 Å². The molecular weight excluding hydrogens is 380 g/mol. The number of carbonyl (C=O) groups excluding carboxylic acids is 2. The zero-order valence-corrected chi connectivity index (χ0v) is 16.1. The molecule has 0 spiro atoms. The second-order valence-electron chi connectivity index (χ2n) is 6.81. The number of carbonyl (C=O) groups is 2. The molecule has 10 heteroatoms. The predicted molar refractivity (Wildman–Crippen MR) is 104 cm³/mol. The Hall–Kier alpha value is -3.43. The lowest BCUT2D eigenvalue weighted by Gasteiger charge is -2.22. The van der Waals surface area contributed by atoms with Crippen molar-refractivity contribution in [3.05, 3.63) is 45.7 Å². The van der Waals surface area contributed by atoms with Crippen LogP contribution in [0.3, 0.4) is 0 Å². The van der Waals surface area contributed by atoms with Crippen molar-refractivity contribution < 1.29 is 23.8 Å². The molecule has 2 aromatic rings. The number of nitrogens with one attached hydrogen (secondary N) is 1.